The van der Waals surface area contributed by atoms with Gasteiger partial charge >= 0.3 is 0 Å². The molecular formula is C19H21N3O3. The summed E-state index contributed by atoms with van der Waals surface area (Å²) in [6, 6.07) is 15.8. The summed E-state index contributed by atoms with van der Waals surface area (Å²) in [5, 5.41) is 17.0. The van der Waals surface area contributed by atoms with Gasteiger partial charge in [-0.1, -0.05) is 36.4 Å². The third kappa shape index (κ3) is 4.42. The van der Waals surface area contributed by atoms with Gasteiger partial charge in [0.2, 0.25) is 5.91 Å². The molecule has 3 rings (SSSR count). The van der Waals surface area contributed by atoms with Gasteiger partial charge in [0.05, 0.1) is 11.0 Å². The molecule has 1 aliphatic carbocycles. The van der Waals surface area contributed by atoms with Crippen LogP contribution in [0.25, 0.3) is 0 Å². The lowest BCUT2D eigenvalue weighted by molar-refractivity contribution is -0.384. The second kappa shape index (κ2) is 7.44. The van der Waals surface area contributed by atoms with E-state index in [4.69, 9.17) is 0 Å². The van der Waals surface area contributed by atoms with Crippen LogP contribution in [0, 0.1) is 16.0 Å². The Labute approximate surface area is 146 Å². The van der Waals surface area contributed by atoms with Gasteiger partial charge in [-0.25, -0.2) is 0 Å². The van der Waals surface area contributed by atoms with E-state index in [0.717, 1.165) is 12.8 Å². The van der Waals surface area contributed by atoms with Crippen LogP contribution < -0.4 is 10.6 Å². The summed E-state index contributed by atoms with van der Waals surface area (Å²) in [7, 11) is 0. The van der Waals surface area contributed by atoms with Gasteiger partial charge in [0.15, 0.2) is 0 Å². The molecule has 1 amide bonds. The van der Waals surface area contributed by atoms with Crippen LogP contribution in [0.1, 0.15) is 31.4 Å². The number of anilines is 1. The number of hydrogen-bond acceptors (Lipinski definition) is 4. The topological polar surface area (TPSA) is 84.3 Å². The average molecular weight is 339 g/mol. The molecule has 0 heterocycles. The largest absolute Gasteiger partial charge is 0.324 e. The maximum absolute atomic E-state index is 12.5. The average Bonchev–Trinajstić information content (AvgIpc) is 3.45. The molecule has 0 aromatic heterocycles. The van der Waals surface area contributed by atoms with Crippen molar-refractivity contribution in [3.05, 3.63) is 70.3 Å². The van der Waals surface area contributed by atoms with Crippen molar-refractivity contribution in [2.24, 2.45) is 5.92 Å². The summed E-state index contributed by atoms with van der Waals surface area (Å²) in [4.78, 5) is 22.8. The van der Waals surface area contributed by atoms with Crippen molar-refractivity contribution in [2.75, 3.05) is 5.32 Å². The van der Waals surface area contributed by atoms with Crippen molar-refractivity contribution >= 4 is 17.3 Å². The summed E-state index contributed by atoms with van der Waals surface area (Å²) in [6.07, 6.45) is 2.32. The van der Waals surface area contributed by atoms with Crippen molar-refractivity contribution < 1.29 is 9.72 Å². The molecule has 25 heavy (non-hydrogen) atoms. The van der Waals surface area contributed by atoms with Gasteiger partial charge in [0.25, 0.3) is 5.69 Å². The number of nitro benzene ring substituents is 1. The van der Waals surface area contributed by atoms with Crippen LogP contribution in [0.5, 0.6) is 0 Å². The molecule has 130 valence electrons. The van der Waals surface area contributed by atoms with E-state index in [-0.39, 0.29) is 17.6 Å². The number of amides is 1. The number of nitrogens with one attached hydrogen (secondary N) is 2. The summed E-state index contributed by atoms with van der Waals surface area (Å²) in [5.41, 5.74) is 1.56. The zero-order valence-corrected chi connectivity index (χ0v) is 14.0. The number of nitro groups is 1. The van der Waals surface area contributed by atoms with Gasteiger partial charge in [-0.3, -0.25) is 20.2 Å². The zero-order valence-electron chi connectivity index (χ0n) is 14.0. The third-order valence-electron chi connectivity index (χ3n) is 4.40. The van der Waals surface area contributed by atoms with E-state index in [1.165, 1.54) is 17.7 Å². The Balaban J connectivity index is 1.65. The van der Waals surface area contributed by atoms with Gasteiger partial charge in [-0.05, 0) is 37.3 Å². The fraction of sp³-hybridized carbons (Fsp3) is 0.316. The Kier molecular flexibility index (Phi) is 5.09. The molecule has 0 bridgehead atoms. The van der Waals surface area contributed by atoms with Crippen LogP contribution in [0.15, 0.2) is 54.6 Å². The molecule has 2 aromatic rings. The molecule has 0 radical (unpaired) electrons. The number of carbonyl (C=O) groups is 1. The lowest BCUT2D eigenvalue weighted by Gasteiger charge is -2.23. The van der Waals surface area contributed by atoms with E-state index < -0.39 is 11.0 Å². The first-order valence-electron chi connectivity index (χ1n) is 8.41. The fourth-order valence-corrected chi connectivity index (χ4v) is 2.89. The smallest absolute Gasteiger partial charge is 0.271 e. The number of carbonyl (C=O) groups excluding carboxylic acids is 1. The summed E-state index contributed by atoms with van der Waals surface area (Å²) < 4.78 is 0. The highest BCUT2D eigenvalue weighted by Gasteiger charge is 2.33. The first-order chi connectivity index (χ1) is 12.0. The minimum absolute atomic E-state index is 0.0430. The zero-order chi connectivity index (χ0) is 17.8. The Morgan fingerprint density at radius 2 is 1.88 bits per heavy atom. The minimum Gasteiger partial charge on any atom is -0.324 e. The Morgan fingerprint density at radius 3 is 2.52 bits per heavy atom. The molecule has 2 aromatic carbocycles. The highest BCUT2D eigenvalue weighted by atomic mass is 16.6. The number of non-ortho nitro benzene ring substituents is 1. The van der Waals surface area contributed by atoms with Crippen molar-refractivity contribution in [3.63, 3.8) is 0 Å². The number of benzene rings is 2. The molecule has 0 aliphatic heterocycles. The van der Waals surface area contributed by atoms with E-state index >= 15 is 0 Å². The first kappa shape index (κ1) is 17.1. The molecule has 0 spiro atoms. The van der Waals surface area contributed by atoms with Crippen molar-refractivity contribution in [2.45, 2.75) is 31.8 Å². The van der Waals surface area contributed by atoms with Crippen molar-refractivity contribution in [1.29, 1.82) is 0 Å². The molecule has 6 heteroatoms. The molecule has 1 fully saturated rings. The second-order valence-electron chi connectivity index (χ2n) is 6.41. The maximum Gasteiger partial charge on any atom is 0.271 e. The lowest BCUT2D eigenvalue weighted by Crippen LogP contribution is -2.40. The predicted molar refractivity (Wildman–Crippen MR) is 96.2 cm³/mol. The van der Waals surface area contributed by atoms with Gasteiger partial charge in [-0.2, -0.15) is 0 Å². The highest BCUT2D eigenvalue weighted by Crippen LogP contribution is 2.41. The predicted octanol–water partition coefficient (Wildman–Crippen LogP) is 3.66. The Hall–Kier alpha value is -2.73. The molecule has 1 saturated carbocycles. The molecule has 0 unspecified atom stereocenters. The minimum atomic E-state index is -0.476. The van der Waals surface area contributed by atoms with E-state index in [0.29, 0.717) is 11.6 Å². The van der Waals surface area contributed by atoms with Crippen LogP contribution in [0.3, 0.4) is 0 Å². The Morgan fingerprint density at radius 1 is 1.16 bits per heavy atom. The normalized spacial score (nSPS) is 16.0. The SMILES string of the molecule is C[C@H](N[C@@H](c1ccccc1)C1CC1)C(=O)Nc1cccc([N+](=O)[O-])c1. The van der Waals surface area contributed by atoms with Crippen LogP contribution in [-0.2, 0) is 4.79 Å². The van der Waals surface area contributed by atoms with Crippen molar-refractivity contribution in [1.82, 2.24) is 5.32 Å². The van der Waals surface area contributed by atoms with Crippen LogP contribution >= 0.6 is 0 Å². The highest BCUT2D eigenvalue weighted by molar-refractivity contribution is 5.94. The molecule has 2 atom stereocenters. The van der Waals surface area contributed by atoms with Crippen molar-refractivity contribution in [3.8, 4) is 0 Å². The molecule has 1 aliphatic rings. The van der Waals surface area contributed by atoms with E-state index in [1.54, 1.807) is 12.1 Å². The molecule has 2 N–H and O–H groups in total. The van der Waals surface area contributed by atoms with Gasteiger partial charge < -0.3 is 5.32 Å². The number of hydrogen-bond donors (Lipinski definition) is 2. The van der Waals surface area contributed by atoms with E-state index in [2.05, 4.69) is 22.8 Å². The van der Waals surface area contributed by atoms with Gasteiger partial charge in [0, 0.05) is 23.9 Å². The summed E-state index contributed by atoms with van der Waals surface area (Å²) >= 11 is 0. The quantitative estimate of drug-likeness (QED) is 0.595. The fourth-order valence-electron chi connectivity index (χ4n) is 2.89. The lowest BCUT2D eigenvalue weighted by atomic mass is 10.0. The van der Waals surface area contributed by atoms with E-state index in [1.807, 2.05) is 25.1 Å². The summed E-state index contributed by atoms with van der Waals surface area (Å²) in [6.45, 7) is 1.81. The van der Waals surface area contributed by atoms with E-state index in [9.17, 15) is 14.9 Å². The number of rotatable bonds is 7. The van der Waals surface area contributed by atoms with Crippen LogP contribution in [-0.4, -0.2) is 16.9 Å². The first-order valence-corrected chi connectivity index (χ1v) is 8.41. The maximum atomic E-state index is 12.5. The monoisotopic (exact) mass is 339 g/mol. The second-order valence-corrected chi connectivity index (χ2v) is 6.41. The van der Waals surface area contributed by atoms with Crippen LogP contribution in [0.2, 0.25) is 0 Å². The van der Waals surface area contributed by atoms with Crippen LogP contribution in [0.4, 0.5) is 11.4 Å². The summed E-state index contributed by atoms with van der Waals surface area (Å²) in [5.74, 6) is 0.345. The standard InChI is InChI=1S/C19H21N3O3/c1-13(19(23)21-16-8-5-9-17(12-16)22(24)25)20-18(15-10-11-15)14-6-3-2-4-7-14/h2-9,12-13,15,18,20H,10-11H2,1H3,(H,21,23)/t13-,18-/m0/s1. The molecule has 0 saturated heterocycles. The van der Waals surface area contributed by atoms with Gasteiger partial charge in [-0.15, -0.1) is 0 Å². The Bertz CT molecular complexity index is 760. The molecule has 6 nitrogen and oxygen atoms in total. The van der Waals surface area contributed by atoms with Gasteiger partial charge in [0.1, 0.15) is 0 Å². The molecular weight excluding hydrogens is 318 g/mol. The third-order valence-corrected chi connectivity index (χ3v) is 4.40. The number of nitrogens with zero attached hydrogens (tertiary/aromatic N) is 1.